The Morgan fingerprint density at radius 3 is 2.74 bits per heavy atom. The van der Waals surface area contributed by atoms with E-state index in [1.807, 2.05) is 26.8 Å². The number of esters is 1. The van der Waals surface area contributed by atoms with Crippen LogP contribution in [0.25, 0.3) is 0 Å². The second-order valence-electron chi connectivity index (χ2n) is 6.65. The van der Waals surface area contributed by atoms with Crippen LogP contribution in [0.1, 0.15) is 33.6 Å². The highest BCUT2D eigenvalue weighted by molar-refractivity contribution is 5.75. The summed E-state index contributed by atoms with van der Waals surface area (Å²) in [6, 6.07) is 0. The van der Waals surface area contributed by atoms with Crippen molar-refractivity contribution in [3.8, 4) is 0 Å². The molecule has 0 radical (unpaired) electrons. The van der Waals surface area contributed by atoms with Crippen molar-refractivity contribution in [3.63, 3.8) is 0 Å². The lowest BCUT2D eigenvalue weighted by atomic mass is 9.53. The molecule has 2 N–H and O–H groups in total. The zero-order chi connectivity index (χ0) is 13.9. The molecular formula is C15H22O4. The number of ether oxygens (including phenoxy) is 1. The average molecular weight is 266 g/mol. The van der Waals surface area contributed by atoms with Crippen molar-refractivity contribution < 1.29 is 19.7 Å². The van der Waals surface area contributed by atoms with E-state index in [9.17, 15) is 15.0 Å². The van der Waals surface area contributed by atoms with Crippen LogP contribution in [0.3, 0.4) is 0 Å². The molecule has 0 bridgehead atoms. The first kappa shape index (κ1) is 13.1. The first-order chi connectivity index (χ1) is 8.87. The van der Waals surface area contributed by atoms with Gasteiger partial charge >= 0.3 is 5.97 Å². The van der Waals surface area contributed by atoms with Crippen molar-refractivity contribution in [1.29, 1.82) is 0 Å². The molecule has 1 aliphatic heterocycles. The Morgan fingerprint density at radius 2 is 2.05 bits per heavy atom. The maximum atomic E-state index is 11.8. The molecule has 1 saturated carbocycles. The fraction of sp³-hybridized carbons (Fsp3) is 0.800. The Morgan fingerprint density at radius 1 is 1.37 bits per heavy atom. The molecule has 4 nitrogen and oxygen atoms in total. The van der Waals surface area contributed by atoms with Crippen molar-refractivity contribution in [1.82, 2.24) is 0 Å². The monoisotopic (exact) mass is 266 g/mol. The van der Waals surface area contributed by atoms with E-state index in [1.165, 1.54) is 0 Å². The van der Waals surface area contributed by atoms with Crippen molar-refractivity contribution in [2.75, 3.05) is 0 Å². The molecular weight excluding hydrogens is 244 g/mol. The van der Waals surface area contributed by atoms with Gasteiger partial charge in [0.1, 0.15) is 6.10 Å². The second kappa shape index (κ2) is 4.06. The van der Waals surface area contributed by atoms with Gasteiger partial charge in [0.15, 0.2) is 0 Å². The number of hydrogen-bond acceptors (Lipinski definition) is 4. The molecule has 0 aromatic heterocycles. The van der Waals surface area contributed by atoms with E-state index < -0.39 is 17.6 Å². The average Bonchev–Trinajstić information content (AvgIpc) is 2.62. The lowest BCUT2D eigenvalue weighted by Crippen LogP contribution is -2.59. The third-order valence-electron chi connectivity index (χ3n) is 5.77. The van der Waals surface area contributed by atoms with Crippen LogP contribution in [0.5, 0.6) is 0 Å². The quantitative estimate of drug-likeness (QED) is 0.512. The molecule has 106 valence electrons. The molecule has 2 fully saturated rings. The largest absolute Gasteiger partial charge is 0.461 e. The molecule has 0 aromatic rings. The Labute approximate surface area is 113 Å². The van der Waals surface area contributed by atoms with E-state index in [4.69, 9.17) is 4.74 Å². The molecule has 3 aliphatic rings. The second-order valence-corrected chi connectivity index (χ2v) is 6.65. The van der Waals surface area contributed by atoms with Crippen molar-refractivity contribution in [2.24, 2.45) is 23.2 Å². The molecule has 4 heteroatoms. The number of hydrogen-bond donors (Lipinski definition) is 2. The van der Waals surface area contributed by atoms with E-state index in [0.717, 1.165) is 5.57 Å². The van der Waals surface area contributed by atoms with Crippen LogP contribution in [-0.2, 0) is 9.53 Å². The fourth-order valence-electron chi connectivity index (χ4n) is 4.37. The lowest BCUT2D eigenvalue weighted by molar-refractivity contribution is -0.170. The smallest absolute Gasteiger partial charge is 0.309 e. The van der Waals surface area contributed by atoms with E-state index >= 15 is 0 Å². The summed E-state index contributed by atoms with van der Waals surface area (Å²) in [6.07, 6.45) is 1.76. The van der Waals surface area contributed by atoms with Crippen LogP contribution >= 0.6 is 0 Å². The maximum absolute atomic E-state index is 11.8. The third-order valence-corrected chi connectivity index (χ3v) is 5.77. The molecule has 19 heavy (non-hydrogen) atoms. The summed E-state index contributed by atoms with van der Waals surface area (Å²) in [6.45, 7) is 5.82. The van der Waals surface area contributed by atoms with Crippen LogP contribution in [0, 0.1) is 23.2 Å². The van der Waals surface area contributed by atoms with Gasteiger partial charge in [-0.1, -0.05) is 25.5 Å². The van der Waals surface area contributed by atoms with Gasteiger partial charge < -0.3 is 14.9 Å². The predicted molar refractivity (Wildman–Crippen MR) is 69.1 cm³/mol. The molecule has 2 aliphatic carbocycles. The first-order valence-electron chi connectivity index (χ1n) is 7.10. The van der Waals surface area contributed by atoms with Crippen LogP contribution < -0.4 is 0 Å². The van der Waals surface area contributed by atoms with Crippen LogP contribution in [0.4, 0.5) is 0 Å². The minimum absolute atomic E-state index is 0.0641. The number of rotatable bonds is 0. The Bertz CT molecular complexity index is 443. The Kier molecular flexibility index (Phi) is 2.81. The van der Waals surface area contributed by atoms with E-state index in [-0.39, 0.29) is 29.8 Å². The predicted octanol–water partition coefficient (Wildman–Crippen LogP) is 1.26. The number of carbonyl (C=O) groups excluding carboxylic acids is 1. The normalized spacial score (nSPS) is 53.1. The van der Waals surface area contributed by atoms with Crippen LogP contribution in [0.2, 0.25) is 0 Å². The standard InChI is InChI=1S/C15H22O4/c1-7-4-5-10(16)15(3)11(17)6-9-8(2)14(18)19-13(9)12(7)15/h4,8-13,16-17H,5-6H2,1-3H3/t8-,9-,10+,11-,12?,13-,15+/m0/s1. The molecule has 1 saturated heterocycles. The zero-order valence-corrected chi connectivity index (χ0v) is 11.7. The minimum Gasteiger partial charge on any atom is -0.461 e. The van der Waals surface area contributed by atoms with Gasteiger partial charge in [-0.3, -0.25) is 4.79 Å². The topological polar surface area (TPSA) is 66.8 Å². The molecule has 0 amide bonds. The van der Waals surface area contributed by atoms with E-state index in [0.29, 0.717) is 12.8 Å². The van der Waals surface area contributed by atoms with Gasteiger partial charge in [-0.15, -0.1) is 0 Å². The summed E-state index contributed by atoms with van der Waals surface area (Å²) in [5, 5.41) is 20.9. The van der Waals surface area contributed by atoms with Gasteiger partial charge in [-0.05, 0) is 19.8 Å². The molecule has 0 spiro atoms. The van der Waals surface area contributed by atoms with Crippen molar-refractivity contribution >= 4 is 5.97 Å². The molecule has 0 aromatic carbocycles. The Hall–Kier alpha value is -0.870. The van der Waals surface area contributed by atoms with Gasteiger partial charge in [0.05, 0.1) is 18.1 Å². The first-order valence-corrected chi connectivity index (χ1v) is 7.10. The number of aliphatic hydroxyl groups excluding tert-OH is 2. The highest BCUT2D eigenvalue weighted by Gasteiger charge is 2.61. The van der Waals surface area contributed by atoms with Gasteiger partial charge in [0, 0.05) is 17.3 Å². The number of carbonyl (C=O) groups is 1. The summed E-state index contributed by atoms with van der Waals surface area (Å²) in [7, 11) is 0. The van der Waals surface area contributed by atoms with E-state index in [1.54, 1.807) is 0 Å². The highest BCUT2D eigenvalue weighted by Crippen LogP contribution is 2.56. The van der Waals surface area contributed by atoms with Crippen LogP contribution in [-0.4, -0.2) is 34.5 Å². The molecule has 1 heterocycles. The molecule has 1 unspecified atom stereocenters. The summed E-state index contributed by atoms with van der Waals surface area (Å²) in [5.74, 6) is -0.330. The lowest BCUT2D eigenvalue weighted by Gasteiger charge is -2.54. The third kappa shape index (κ3) is 1.56. The molecule has 7 atom stereocenters. The summed E-state index contributed by atoms with van der Waals surface area (Å²) < 4.78 is 5.58. The van der Waals surface area contributed by atoms with E-state index in [2.05, 4.69) is 0 Å². The van der Waals surface area contributed by atoms with Crippen molar-refractivity contribution in [3.05, 3.63) is 11.6 Å². The number of fused-ring (bicyclic) bond motifs is 3. The zero-order valence-electron chi connectivity index (χ0n) is 11.7. The summed E-state index contributed by atoms with van der Waals surface area (Å²) >= 11 is 0. The highest BCUT2D eigenvalue weighted by atomic mass is 16.6. The summed E-state index contributed by atoms with van der Waals surface area (Å²) in [4.78, 5) is 11.8. The molecule has 3 rings (SSSR count). The van der Waals surface area contributed by atoms with Crippen molar-refractivity contribution in [2.45, 2.75) is 51.9 Å². The number of aliphatic hydroxyl groups is 2. The van der Waals surface area contributed by atoms with Gasteiger partial charge in [-0.2, -0.15) is 0 Å². The fourth-order valence-corrected chi connectivity index (χ4v) is 4.37. The van der Waals surface area contributed by atoms with Gasteiger partial charge in [0.2, 0.25) is 0 Å². The summed E-state index contributed by atoms with van der Waals surface area (Å²) in [5.41, 5.74) is 0.521. The Balaban J connectivity index is 2.06. The SMILES string of the molecule is CC1=CC[C@@H](O)[C@@]2(C)C1[C@H]1OC(=O)[C@@H](C)[C@@H]1C[C@@H]2O. The van der Waals surface area contributed by atoms with Gasteiger partial charge in [0.25, 0.3) is 0 Å². The van der Waals surface area contributed by atoms with Gasteiger partial charge in [-0.25, -0.2) is 0 Å². The minimum atomic E-state index is -0.607. The maximum Gasteiger partial charge on any atom is 0.309 e. The van der Waals surface area contributed by atoms with Crippen LogP contribution in [0.15, 0.2) is 11.6 Å².